The second-order valence-electron chi connectivity index (χ2n) is 6.05. The van der Waals surface area contributed by atoms with Crippen molar-refractivity contribution in [1.82, 2.24) is 15.2 Å². The highest BCUT2D eigenvalue weighted by molar-refractivity contribution is 7.18. The number of aryl methyl sites for hydroxylation is 2. The third-order valence-corrected chi connectivity index (χ3v) is 5.04. The molecule has 7 heteroatoms. The summed E-state index contributed by atoms with van der Waals surface area (Å²) in [7, 11) is 0. The number of benzene rings is 1. The number of pyridine rings is 1. The van der Waals surface area contributed by atoms with Gasteiger partial charge in [0.15, 0.2) is 5.01 Å². The highest BCUT2D eigenvalue weighted by Crippen LogP contribution is 2.27. The predicted octanol–water partition coefficient (Wildman–Crippen LogP) is 4.14. The maximum absolute atomic E-state index is 12.4. The molecule has 0 radical (unpaired) electrons. The van der Waals surface area contributed by atoms with Crippen LogP contribution in [0.2, 0.25) is 0 Å². The molecule has 130 valence electrons. The summed E-state index contributed by atoms with van der Waals surface area (Å²) in [5.74, 6) is -0.158. The van der Waals surface area contributed by atoms with Crippen molar-refractivity contribution in [1.29, 1.82) is 0 Å². The van der Waals surface area contributed by atoms with Crippen molar-refractivity contribution in [2.24, 2.45) is 0 Å². The molecule has 26 heavy (non-hydrogen) atoms. The molecular formula is C19H16N4O2S. The summed E-state index contributed by atoms with van der Waals surface area (Å²) in [6.07, 6.45) is 3.55. The van der Waals surface area contributed by atoms with Crippen LogP contribution in [-0.4, -0.2) is 21.1 Å². The molecule has 0 unspecified atom stereocenters. The molecule has 0 spiro atoms. The van der Waals surface area contributed by atoms with E-state index < -0.39 is 0 Å². The van der Waals surface area contributed by atoms with Crippen molar-refractivity contribution in [3.63, 3.8) is 0 Å². The van der Waals surface area contributed by atoms with Gasteiger partial charge in [-0.3, -0.25) is 9.78 Å². The number of amides is 1. The minimum absolute atomic E-state index is 0.158. The minimum atomic E-state index is -0.158. The fourth-order valence-corrected chi connectivity index (χ4v) is 3.41. The van der Waals surface area contributed by atoms with Crippen LogP contribution in [0.3, 0.4) is 0 Å². The van der Waals surface area contributed by atoms with E-state index >= 15 is 0 Å². The molecule has 1 amide bonds. The Morgan fingerprint density at radius 1 is 1.19 bits per heavy atom. The summed E-state index contributed by atoms with van der Waals surface area (Å²) < 4.78 is 5.58. The summed E-state index contributed by atoms with van der Waals surface area (Å²) >= 11 is 1.29. The van der Waals surface area contributed by atoms with E-state index in [1.165, 1.54) is 22.5 Å². The Bertz CT molecular complexity index is 1090. The number of furan rings is 1. The number of hydrogen-bond donors (Lipinski definition) is 1. The monoisotopic (exact) mass is 364 g/mol. The molecule has 0 saturated carbocycles. The van der Waals surface area contributed by atoms with Crippen LogP contribution >= 0.6 is 11.3 Å². The number of nitrogens with zero attached hydrogens (tertiary/aromatic N) is 3. The Kier molecular flexibility index (Phi) is 4.22. The van der Waals surface area contributed by atoms with Gasteiger partial charge in [-0.15, -0.1) is 10.2 Å². The van der Waals surface area contributed by atoms with Crippen LogP contribution in [0.15, 0.2) is 47.2 Å². The van der Waals surface area contributed by atoms with E-state index in [2.05, 4.69) is 26.6 Å². The van der Waals surface area contributed by atoms with E-state index in [0.717, 1.165) is 22.2 Å². The number of aromatic nitrogens is 3. The van der Waals surface area contributed by atoms with Gasteiger partial charge >= 0.3 is 0 Å². The molecule has 0 aliphatic rings. The summed E-state index contributed by atoms with van der Waals surface area (Å²) in [6.45, 7) is 4.09. The van der Waals surface area contributed by atoms with E-state index in [-0.39, 0.29) is 12.3 Å². The highest BCUT2D eigenvalue weighted by Gasteiger charge is 2.14. The van der Waals surface area contributed by atoms with Crippen LogP contribution in [0.5, 0.6) is 0 Å². The quantitative estimate of drug-likeness (QED) is 0.588. The summed E-state index contributed by atoms with van der Waals surface area (Å²) in [6, 6.07) is 9.63. The van der Waals surface area contributed by atoms with Crippen LogP contribution in [0.4, 0.5) is 5.13 Å². The van der Waals surface area contributed by atoms with Crippen LogP contribution in [0, 0.1) is 13.8 Å². The van der Waals surface area contributed by atoms with Crippen LogP contribution in [0.25, 0.3) is 21.7 Å². The lowest BCUT2D eigenvalue weighted by Crippen LogP contribution is -2.14. The zero-order valence-corrected chi connectivity index (χ0v) is 15.1. The minimum Gasteiger partial charge on any atom is -0.464 e. The summed E-state index contributed by atoms with van der Waals surface area (Å²) in [5, 5.41) is 13.0. The van der Waals surface area contributed by atoms with Crippen molar-refractivity contribution in [2.75, 3.05) is 5.32 Å². The number of fused-ring (bicyclic) bond motifs is 1. The van der Waals surface area contributed by atoms with Crippen LogP contribution < -0.4 is 5.32 Å². The van der Waals surface area contributed by atoms with Gasteiger partial charge < -0.3 is 9.73 Å². The largest absolute Gasteiger partial charge is 0.464 e. The number of hydrogen-bond acceptors (Lipinski definition) is 6. The van der Waals surface area contributed by atoms with Crippen molar-refractivity contribution < 1.29 is 9.21 Å². The van der Waals surface area contributed by atoms with Crippen LogP contribution in [0.1, 0.15) is 16.7 Å². The van der Waals surface area contributed by atoms with E-state index in [1.807, 2.05) is 38.1 Å². The lowest BCUT2D eigenvalue weighted by atomic mass is 10.0. The molecule has 3 aromatic heterocycles. The molecule has 4 aromatic rings. The Morgan fingerprint density at radius 2 is 2.04 bits per heavy atom. The molecule has 0 atom stereocenters. The zero-order chi connectivity index (χ0) is 18.1. The average Bonchev–Trinajstić information content (AvgIpc) is 3.24. The van der Waals surface area contributed by atoms with E-state index in [0.29, 0.717) is 10.1 Å². The SMILES string of the molecule is Cc1cc2occ(CC(=O)Nc3nnc(-c4ccccn4)s3)c2cc1C. The summed E-state index contributed by atoms with van der Waals surface area (Å²) in [4.78, 5) is 16.6. The molecule has 0 aliphatic carbocycles. The fourth-order valence-electron chi connectivity index (χ4n) is 2.68. The van der Waals surface area contributed by atoms with Gasteiger partial charge in [0.05, 0.1) is 12.7 Å². The second-order valence-corrected chi connectivity index (χ2v) is 7.02. The second kappa shape index (κ2) is 6.68. The zero-order valence-electron chi connectivity index (χ0n) is 14.3. The van der Waals surface area contributed by atoms with Gasteiger partial charge in [0.2, 0.25) is 11.0 Å². The Morgan fingerprint density at radius 3 is 2.85 bits per heavy atom. The van der Waals surface area contributed by atoms with E-state index in [1.54, 1.807) is 12.5 Å². The normalized spacial score (nSPS) is 11.0. The first-order valence-electron chi connectivity index (χ1n) is 8.12. The van der Waals surface area contributed by atoms with Crippen molar-refractivity contribution in [3.8, 4) is 10.7 Å². The highest BCUT2D eigenvalue weighted by atomic mass is 32.1. The van der Waals surface area contributed by atoms with Gasteiger partial charge in [-0.1, -0.05) is 17.4 Å². The molecule has 0 aliphatic heterocycles. The molecular weight excluding hydrogens is 348 g/mol. The van der Waals surface area contributed by atoms with Crippen LogP contribution in [-0.2, 0) is 11.2 Å². The van der Waals surface area contributed by atoms with Crippen molar-refractivity contribution >= 4 is 33.3 Å². The summed E-state index contributed by atoms with van der Waals surface area (Å²) in [5.41, 5.74) is 4.72. The van der Waals surface area contributed by atoms with Gasteiger partial charge in [0, 0.05) is 17.1 Å². The molecule has 0 fully saturated rings. The molecule has 4 rings (SSSR count). The molecule has 0 bridgehead atoms. The number of rotatable bonds is 4. The predicted molar refractivity (Wildman–Crippen MR) is 101 cm³/mol. The molecule has 0 saturated heterocycles. The first-order valence-corrected chi connectivity index (χ1v) is 8.94. The van der Waals surface area contributed by atoms with Gasteiger partial charge in [-0.25, -0.2) is 0 Å². The Balaban J connectivity index is 1.50. The number of nitrogens with one attached hydrogen (secondary N) is 1. The third kappa shape index (κ3) is 3.21. The molecule has 1 aromatic carbocycles. The lowest BCUT2D eigenvalue weighted by Gasteiger charge is -2.02. The van der Waals surface area contributed by atoms with Gasteiger partial charge in [0.25, 0.3) is 0 Å². The maximum Gasteiger partial charge on any atom is 0.230 e. The average molecular weight is 364 g/mol. The molecule has 6 nitrogen and oxygen atoms in total. The molecule has 3 heterocycles. The first-order chi connectivity index (χ1) is 12.6. The van der Waals surface area contributed by atoms with E-state index in [9.17, 15) is 4.79 Å². The third-order valence-electron chi connectivity index (χ3n) is 4.18. The van der Waals surface area contributed by atoms with E-state index in [4.69, 9.17) is 4.42 Å². The Hall–Kier alpha value is -3.06. The first kappa shape index (κ1) is 16.4. The topological polar surface area (TPSA) is 80.9 Å². The van der Waals surface area contributed by atoms with Gasteiger partial charge in [0.1, 0.15) is 11.3 Å². The van der Waals surface area contributed by atoms with Gasteiger partial charge in [-0.05, 0) is 49.2 Å². The number of carbonyl (C=O) groups excluding carboxylic acids is 1. The van der Waals surface area contributed by atoms with Crippen molar-refractivity contribution in [3.05, 3.63) is 59.5 Å². The fraction of sp³-hybridized carbons (Fsp3) is 0.158. The molecule has 1 N–H and O–H groups in total. The van der Waals surface area contributed by atoms with Gasteiger partial charge in [-0.2, -0.15) is 0 Å². The Labute approximate surface area is 153 Å². The standard InChI is InChI=1S/C19H16N4O2S/c1-11-7-14-13(10-25-16(14)8-12(11)2)9-17(24)21-19-23-22-18(26-19)15-5-3-4-6-20-15/h3-8,10H,9H2,1-2H3,(H,21,23,24). The number of anilines is 1. The lowest BCUT2D eigenvalue weighted by molar-refractivity contribution is -0.115. The number of carbonyl (C=O) groups is 1. The maximum atomic E-state index is 12.4. The van der Waals surface area contributed by atoms with Crippen molar-refractivity contribution in [2.45, 2.75) is 20.3 Å². The smallest absolute Gasteiger partial charge is 0.230 e.